The number of halogens is 1. The normalized spacial score (nSPS) is 19.9. The molecule has 0 radical (unpaired) electrons. The summed E-state index contributed by atoms with van der Waals surface area (Å²) in [5.41, 5.74) is 4.85. The van der Waals surface area contributed by atoms with E-state index in [1.807, 2.05) is 4.90 Å². The number of hydrogen-bond donors (Lipinski definition) is 1. The number of aryl methyl sites for hydroxylation is 2. The molecule has 5 rings (SSSR count). The smallest absolute Gasteiger partial charge is 0.227 e. The number of nitrogens with zero attached hydrogens (tertiary/aromatic N) is 1. The van der Waals surface area contributed by atoms with Gasteiger partial charge in [0, 0.05) is 30.1 Å². The SMILES string of the molecule is Cl.O=C(Cc1coc2cc3c(cc12)CCC3)N1CCC(NCC2CC2)CC1. The van der Waals surface area contributed by atoms with Crippen molar-refractivity contribution in [3.05, 3.63) is 35.1 Å². The van der Waals surface area contributed by atoms with Crippen molar-refractivity contribution >= 4 is 29.3 Å². The van der Waals surface area contributed by atoms with Gasteiger partial charge in [0.25, 0.3) is 0 Å². The van der Waals surface area contributed by atoms with E-state index in [2.05, 4.69) is 17.4 Å². The van der Waals surface area contributed by atoms with Gasteiger partial charge in [-0.15, -0.1) is 12.4 Å². The Bertz CT molecular complexity index is 819. The minimum atomic E-state index is 0. The minimum Gasteiger partial charge on any atom is -0.464 e. The second-order valence-electron chi connectivity index (χ2n) is 8.42. The number of carbonyl (C=O) groups is 1. The third-order valence-corrected chi connectivity index (χ3v) is 6.45. The fourth-order valence-corrected chi connectivity index (χ4v) is 4.55. The van der Waals surface area contributed by atoms with Crippen molar-refractivity contribution in [3.63, 3.8) is 0 Å². The summed E-state index contributed by atoms with van der Waals surface area (Å²) in [6.07, 6.45) is 10.8. The molecule has 0 atom stereocenters. The lowest BCUT2D eigenvalue weighted by Crippen LogP contribution is -2.45. The molecule has 27 heavy (non-hydrogen) atoms. The van der Waals surface area contributed by atoms with E-state index >= 15 is 0 Å². The van der Waals surface area contributed by atoms with Crippen molar-refractivity contribution in [2.75, 3.05) is 19.6 Å². The summed E-state index contributed by atoms with van der Waals surface area (Å²) in [4.78, 5) is 14.8. The average Bonchev–Trinajstić information content (AvgIpc) is 3.26. The van der Waals surface area contributed by atoms with Crippen LogP contribution in [-0.4, -0.2) is 36.5 Å². The van der Waals surface area contributed by atoms with Gasteiger partial charge in [0.2, 0.25) is 5.91 Å². The van der Waals surface area contributed by atoms with Crippen molar-refractivity contribution in [1.29, 1.82) is 0 Å². The number of hydrogen-bond acceptors (Lipinski definition) is 3. The molecule has 1 aromatic heterocycles. The van der Waals surface area contributed by atoms with Crippen molar-refractivity contribution in [2.45, 2.75) is 57.4 Å². The minimum absolute atomic E-state index is 0. The molecule has 2 aliphatic carbocycles. The van der Waals surface area contributed by atoms with E-state index in [9.17, 15) is 4.79 Å². The van der Waals surface area contributed by atoms with Crippen LogP contribution in [0.2, 0.25) is 0 Å². The molecule has 1 saturated carbocycles. The summed E-state index contributed by atoms with van der Waals surface area (Å²) in [6, 6.07) is 5.04. The lowest BCUT2D eigenvalue weighted by atomic mass is 10.0. The second kappa shape index (κ2) is 7.84. The largest absolute Gasteiger partial charge is 0.464 e. The zero-order chi connectivity index (χ0) is 17.5. The second-order valence-corrected chi connectivity index (χ2v) is 8.42. The van der Waals surface area contributed by atoms with Crippen LogP contribution in [-0.2, 0) is 24.1 Å². The van der Waals surface area contributed by atoms with Gasteiger partial charge >= 0.3 is 0 Å². The number of amides is 1. The Morgan fingerprint density at radius 2 is 1.85 bits per heavy atom. The Labute approximate surface area is 167 Å². The Kier molecular flexibility index (Phi) is 5.47. The molecule has 1 saturated heterocycles. The maximum atomic E-state index is 12.8. The van der Waals surface area contributed by atoms with Gasteiger partial charge in [0.1, 0.15) is 5.58 Å². The Hall–Kier alpha value is -1.52. The van der Waals surface area contributed by atoms with Crippen LogP contribution in [0.4, 0.5) is 0 Å². The molecule has 0 unspecified atom stereocenters. The van der Waals surface area contributed by atoms with Gasteiger partial charge in [-0.25, -0.2) is 0 Å². The lowest BCUT2D eigenvalue weighted by molar-refractivity contribution is -0.131. The molecule has 146 valence electrons. The first kappa shape index (κ1) is 18.8. The first-order chi connectivity index (χ1) is 12.8. The van der Waals surface area contributed by atoms with Crippen LogP contribution in [0, 0.1) is 5.92 Å². The summed E-state index contributed by atoms with van der Waals surface area (Å²) in [5, 5.41) is 4.82. The molecule has 1 amide bonds. The van der Waals surface area contributed by atoms with Crippen LogP contribution in [0.25, 0.3) is 11.0 Å². The fourth-order valence-electron chi connectivity index (χ4n) is 4.55. The van der Waals surface area contributed by atoms with Crippen LogP contribution < -0.4 is 5.32 Å². The monoisotopic (exact) mass is 388 g/mol. The highest BCUT2D eigenvalue weighted by Crippen LogP contribution is 2.31. The molecule has 0 spiro atoms. The van der Waals surface area contributed by atoms with E-state index in [4.69, 9.17) is 4.42 Å². The van der Waals surface area contributed by atoms with Crippen LogP contribution in [0.15, 0.2) is 22.8 Å². The number of carbonyl (C=O) groups excluding carboxylic acids is 1. The third kappa shape index (κ3) is 4.02. The number of piperidine rings is 1. The first-order valence-electron chi connectivity index (χ1n) is 10.3. The van der Waals surface area contributed by atoms with Gasteiger partial charge in [-0.05, 0) is 80.7 Å². The fraction of sp³-hybridized carbons (Fsp3) is 0.591. The summed E-state index contributed by atoms with van der Waals surface area (Å²) in [7, 11) is 0. The molecular weight excluding hydrogens is 360 g/mol. The molecule has 5 heteroatoms. The van der Waals surface area contributed by atoms with Crippen molar-refractivity contribution < 1.29 is 9.21 Å². The van der Waals surface area contributed by atoms with Gasteiger partial charge in [0.15, 0.2) is 0 Å². The van der Waals surface area contributed by atoms with E-state index in [0.717, 1.165) is 61.2 Å². The zero-order valence-corrected chi connectivity index (χ0v) is 16.7. The Morgan fingerprint density at radius 3 is 2.59 bits per heavy atom. The third-order valence-electron chi connectivity index (χ3n) is 6.45. The first-order valence-corrected chi connectivity index (χ1v) is 10.3. The van der Waals surface area contributed by atoms with Crippen LogP contribution in [0.1, 0.15) is 48.8 Å². The number of likely N-dealkylation sites (tertiary alicyclic amines) is 1. The molecule has 2 heterocycles. The quantitative estimate of drug-likeness (QED) is 0.845. The number of nitrogens with one attached hydrogen (secondary N) is 1. The highest BCUT2D eigenvalue weighted by Gasteiger charge is 2.26. The van der Waals surface area contributed by atoms with Crippen LogP contribution in [0.5, 0.6) is 0 Å². The van der Waals surface area contributed by atoms with Crippen molar-refractivity contribution in [1.82, 2.24) is 10.2 Å². The summed E-state index contributed by atoms with van der Waals surface area (Å²) in [5.74, 6) is 1.17. The van der Waals surface area contributed by atoms with Gasteiger partial charge in [-0.1, -0.05) is 0 Å². The average molecular weight is 389 g/mol. The van der Waals surface area contributed by atoms with Crippen molar-refractivity contribution in [3.8, 4) is 0 Å². The molecular formula is C22H29ClN2O2. The van der Waals surface area contributed by atoms with E-state index in [-0.39, 0.29) is 18.3 Å². The Balaban J connectivity index is 0.00000180. The van der Waals surface area contributed by atoms with Crippen molar-refractivity contribution in [2.24, 2.45) is 5.92 Å². The topological polar surface area (TPSA) is 45.5 Å². The maximum absolute atomic E-state index is 12.8. The summed E-state index contributed by atoms with van der Waals surface area (Å²) >= 11 is 0. The number of fused-ring (bicyclic) bond motifs is 2. The van der Waals surface area contributed by atoms with E-state index < -0.39 is 0 Å². The molecule has 2 aromatic rings. The zero-order valence-electron chi connectivity index (χ0n) is 15.8. The van der Waals surface area contributed by atoms with Crippen LogP contribution in [0.3, 0.4) is 0 Å². The number of rotatable bonds is 5. The maximum Gasteiger partial charge on any atom is 0.227 e. The summed E-state index contributed by atoms with van der Waals surface area (Å²) in [6.45, 7) is 2.93. The van der Waals surface area contributed by atoms with Gasteiger partial charge in [-0.2, -0.15) is 0 Å². The highest BCUT2D eigenvalue weighted by molar-refractivity contribution is 5.88. The predicted octanol–water partition coefficient (Wildman–Crippen LogP) is 3.88. The van der Waals surface area contributed by atoms with Gasteiger partial charge < -0.3 is 14.6 Å². The van der Waals surface area contributed by atoms with E-state index in [0.29, 0.717) is 12.5 Å². The lowest BCUT2D eigenvalue weighted by Gasteiger charge is -2.32. The highest BCUT2D eigenvalue weighted by atomic mass is 35.5. The Morgan fingerprint density at radius 1 is 1.11 bits per heavy atom. The molecule has 0 bridgehead atoms. The molecule has 1 aliphatic heterocycles. The molecule has 3 aliphatic rings. The van der Waals surface area contributed by atoms with Gasteiger partial charge in [0.05, 0.1) is 12.7 Å². The summed E-state index contributed by atoms with van der Waals surface area (Å²) < 4.78 is 5.76. The molecule has 4 nitrogen and oxygen atoms in total. The molecule has 1 aromatic carbocycles. The van der Waals surface area contributed by atoms with E-state index in [1.54, 1.807) is 6.26 Å². The molecule has 2 fully saturated rings. The van der Waals surface area contributed by atoms with Gasteiger partial charge in [-0.3, -0.25) is 4.79 Å². The number of furan rings is 1. The standard InChI is InChI=1S/C22H28N2O2.ClH/c25-22(24-8-6-19(7-9-24)23-13-15-4-5-15)12-18-14-26-21-11-17-3-1-2-16(17)10-20(18)21;/h10-11,14-15,19,23H,1-9,12-13H2;1H. The predicted molar refractivity (Wildman–Crippen MR) is 110 cm³/mol. The van der Waals surface area contributed by atoms with Crippen LogP contribution >= 0.6 is 12.4 Å². The molecule has 1 N–H and O–H groups in total. The number of benzene rings is 1. The van der Waals surface area contributed by atoms with E-state index in [1.165, 1.54) is 36.9 Å².